The molecule has 1 heterocycles. The Bertz CT molecular complexity index is 627. The van der Waals surface area contributed by atoms with Crippen LogP contribution in [-0.4, -0.2) is 20.9 Å². The quantitative estimate of drug-likeness (QED) is 0.918. The minimum absolute atomic E-state index is 0.131. The minimum atomic E-state index is -0.980. The number of carboxylic acid groups (broad SMARTS) is 1. The number of rotatable bonds is 3. The van der Waals surface area contributed by atoms with Gasteiger partial charge in [0.15, 0.2) is 5.69 Å². The molecule has 1 aromatic carbocycles. The molecular weight excluding hydrogens is 240 g/mol. The SMILES string of the molecule is Cc1ccccc1-n1nc(C(=O)O)c(C)c1C(C)C. The van der Waals surface area contributed by atoms with Crippen molar-refractivity contribution in [2.45, 2.75) is 33.6 Å². The van der Waals surface area contributed by atoms with Crippen molar-refractivity contribution in [2.24, 2.45) is 0 Å². The smallest absolute Gasteiger partial charge is 0.356 e. The average Bonchev–Trinajstić information content (AvgIpc) is 2.67. The fourth-order valence-electron chi connectivity index (χ4n) is 2.37. The maximum Gasteiger partial charge on any atom is 0.356 e. The highest BCUT2D eigenvalue weighted by molar-refractivity contribution is 5.87. The summed E-state index contributed by atoms with van der Waals surface area (Å²) in [6, 6.07) is 7.85. The molecule has 0 saturated heterocycles. The molecule has 2 rings (SSSR count). The Labute approximate surface area is 112 Å². The Morgan fingerprint density at radius 1 is 1.26 bits per heavy atom. The van der Waals surface area contributed by atoms with Crippen molar-refractivity contribution in [3.05, 3.63) is 46.8 Å². The largest absolute Gasteiger partial charge is 0.476 e. The summed E-state index contributed by atoms with van der Waals surface area (Å²) < 4.78 is 1.76. The molecule has 4 heteroatoms. The molecule has 0 aliphatic carbocycles. The summed E-state index contributed by atoms with van der Waals surface area (Å²) in [6.45, 7) is 7.91. The third kappa shape index (κ3) is 2.26. The first-order valence-corrected chi connectivity index (χ1v) is 6.32. The van der Waals surface area contributed by atoms with Gasteiger partial charge >= 0.3 is 5.97 Å². The predicted octanol–water partition coefficient (Wildman–Crippen LogP) is 3.31. The van der Waals surface area contributed by atoms with Gasteiger partial charge in [0.2, 0.25) is 0 Å². The van der Waals surface area contributed by atoms with E-state index in [1.807, 2.05) is 52.0 Å². The molecule has 0 amide bonds. The molecule has 0 saturated carbocycles. The van der Waals surface area contributed by atoms with Crippen molar-refractivity contribution in [1.82, 2.24) is 9.78 Å². The van der Waals surface area contributed by atoms with Gasteiger partial charge in [0.1, 0.15) is 0 Å². The number of aryl methyl sites for hydroxylation is 1. The molecule has 2 aromatic rings. The van der Waals surface area contributed by atoms with E-state index >= 15 is 0 Å². The zero-order valence-electron chi connectivity index (χ0n) is 11.6. The van der Waals surface area contributed by atoms with Crippen LogP contribution in [0.5, 0.6) is 0 Å². The molecule has 1 N–H and O–H groups in total. The Balaban J connectivity index is 2.73. The molecule has 1 aromatic heterocycles. The van der Waals surface area contributed by atoms with Crippen molar-refractivity contribution in [1.29, 1.82) is 0 Å². The van der Waals surface area contributed by atoms with E-state index in [9.17, 15) is 9.90 Å². The van der Waals surface area contributed by atoms with E-state index in [0.717, 1.165) is 22.5 Å². The van der Waals surface area contributed by atoms with E-state index < -0.39 is 5.97 Å². The molecule has 0 aliphatic rings. The lowest BCUT2D eigenvalue weighted by atomic mass is 10.0. The summed E-state index contributed by atoms with van der Waals surface area (Å²) in [5, 5.41) is 13.5. The normalized spacial score (nSPS) is 11.0. The van der Waals surface area contributed by atoms with Crippen LogP contribution in [0.1, 0.15) is 47.1 Å². The van der Waals surface area contributed by atoms with E-state index in [0.29, 0.717) is 0 Å². The van der Waals surface area contributed by atoms with Crippen LogP contribution >= 0.6 is 0 Å². The van der Waals surface area contributed by atoms with Gasteiger partial charge in [0.05, 0.1) is 11.4 Å². The van der Waals surface area contributed by atoms with Crippen LogP contribution in [0.15, 0.2) is 24.3 Å². The molecule has 0 spiro atoms. The van der Waals surface area contributed by atoms with Crippen LogP contribution in [0.25, 0.3) is 5.69 Å². The number of aromatic nitrogens is 2. The lowest BCUT2D eigenvalue weighted by Crippen LogP contribution is -2.06. The average molecular weight is 258 g/mol. The number of aromatic carboxylic acids is 1. The molecule has 0 atom stereocenters. The fraction of sp³-hybridized carbons (Fsp3) is 0.333. The summed E-state index contributed by atoms with van der Waals surface area (Å²) in [7, 11) is 0. The number of nitrogens with zero attached hydrogens (tertiary/aromatic N) is 2. The summed E-state index contributed by atoms with van der Waals surface area (Å²) in [6.07, 6.45) is 0. The van der Waals surface area contributed by atoms with Crippen LogP contribution < -0.4 is 0 Å². The molecule has 19 heavy (non-hydrogen) atoms. The molecule has 0 unspecified atom stereocenters. The molecule has 4 nitrogen and oxygen atoms in total. The van der Waals surface area contributed by atoms with Gasteiger partial charge in [-0.3, -0.25) is 0 Å². The van der Waals surface area contributed by atoms with Gasteiger partial charge in [-0.2, -0.15) is 5.10 Å². The first-order chi connectivity index (χ1) is 8.93. The summed E-state index contributed by atoms with van der Waals surface area (Å²) >= 11 is 0. The zero-order valence-corrected chi connectivity index (χ0v) is 11.6. The Morgan fingerprint density at radius 3 is 2.42 bits per heavy atom. The van der Waals surface area contributed by atoms with Crippen molar-refractivity contribution in [3.8, 4) is 5.69 Å². The number of hydrogen-bond acceptors (Lipinski definition) is 2. The van der Waals surface area contributed by atoms with Gasteiger partial charge in [-0.05, 0) is 31.4 Å². The van der Waals surface area contributed by atoms with Gasteiger partial charge in [0.25, 0.3) is 0 Å². The zero-order chi connectivity index (χ0) is 14.2. The first kappa shape index (κ1) is 13.3. The second kappa shape index (κ2) is 4.88. The Morgan fingerprint density at radius 2 is 1.89 bits per heavy atom. The number of carbonyl (C=O) groups is 1. The van der Waals surface area contributed by atoms with Crippen LogP contribution in [-0.2, 0) is 0 Å². The maximum absolute atomic E-state index is 11.3. The number of hydrogen-bond donors (Lipinski definition) is 1. The monoisotopic (exact) mass is 258 g/mol. The summed E-state index contributed by atoms with van der Waals surface area (Å²) in [5.74, 6) is -0.771. The van der Waals surface area contributed by atoms with Gasteiger partial charge in [-0.15, -0.1) is 0 Å². The van der Waals surface area contributed by atoms with E-state index in [2.05, 4.69) is 5.10 Å². The second-order valence-electron chi connectivity index (χ2n) is 5.02. The van der Waals surface area contributed by atoms with E-state index in [-0.39, 0.29) is 11.6 Å². The lowest BCUT2D eigenvalue weighted by Gasteiger charge is -2.13. The number of benzene rings is 1. The molecule has 0 aliphatic heterocycles. The van der Waals surface area contributed by atoms with E-state index in [1.54, 1.807) is 4.68 Å². The van der Waals surface area contributed by atoms with Gasteiger partial charge in [-0.1, -0.05) is 32.0 Å². The van der Waals surface area contributed by atoms with Crippen molar-refractivity contribution < 1.29 is 9.90 Å². The molecule has 0 radical (unpaired) electrons. The van der Waals surface area contributed by atoms with Crippen LogP contribution in [0, 0.1) is 13.8 Å². The molecular formula is C15H18N2O2. The number of carboxylic acids is 1. The third-order valence-electron chi connectivity index (χ3n) is 3.26. The standard InChI is InChI=1S/C15H18N2O2/c1-9(2)14-11(4)13(15(18)19)16-17(14)12-8-6-5-7-10(12)3/h5-9H,1-4H3,(H,18,19). The van der Waals surface area contributed by atoms with Crippen molar-refractivity contribution in [2.75, 3.05) is 0 Å². The van der Waals surface area contributed by atoms with E-state index in [1.165, 1.54) is 0 Å². The highest BCUT2D eigenvalue weighted by Gasteiger charge is 2.22. The van der Waals surface area contributed by atoms with Gasteiger partial charge in [0, 0.05) is 5.56 Å². The van der Waals surface area contributed by atoms with Crippen LogP contribution in [0.3, 0.4) is 0 Å². The van der Waals surface area contributed by atoms with Crippen LogP contribution in [0.2, 0.25) is 0 Å². The lowest BCUT2D eigenvalue weighted by molar-refractivity contribution is 0.0689. The highest BCUT2D eigenvalue weighted by atomic mass is 16.4. The topological polar surface area (TPSA) is 55.1 Å². The molecule has 0 fully saturated rings. The van der Waals surface area contributed by atoms with Crippen molar-refractivity contribution >= 4 is 5.97 Å². The van der Waals surface area contributed by atoms with Gasteiger partial charge in [-0.25, -0.2) is 9.48 Å². The summed E-state index contributed by atoms with van der Waals surface area (Å²) in [5.41, 5.74) is 3.83. The Kier molecular flexibility index (Phi) is 3.42. The van der Waals surface area contributed by atoms with Crippen molar-refractivity contribution in [3.63, 3.8) is 0 Å². The fourth-order valence-corrected chi connectivity index (χ4v) is 2.37. The summed E-state index contributed by atoms with van der Waals surface area (Å²) in [4.78, 5) is 11.3. The minimum Gasteiger partial charge on any atom is -0.476 e. The second-order valence-corrected chi connectivity index (χ2v) is 5.02. The Hall–Kier alpha value is -2.10. The predicted molar refractivity (Wildman–Crippen MR) is 74.1 cm³/mol. The highest BCUT2D eigenvalue weighted by Crippen LogP contribution is 2.26. The molecule has 100 valence electrons. The third-order valence-corrected chi connectivity index (χ3v) is 3.26. The number of para-hydroxylation sites is 1. The van der Waals surface area contributed by atoms with Crippen LogP contribution in [0.4, 0.5) is 0 Å². The molecule has 0 bridgehead atoms. The maximum atomic E-state index is 11.3. The first-order valence-electron chi connectivity index (χ1n) is 6.32. The van der Waals surface area contributed by atoms with Gasteiger partial charge < -0.3 is 5.11 Å². The van der Waals surface area contributed by atoms with E-state index in [4.69, 9.17) is 0 Å².